The van der Waals surface area contributed by atoms with Crippen LogP contribution in [0, 0.1) is 0 Å². The molecule has 4 aromatic rings. The van der Waals surface area contributed by atoms with Gasteiger partial charge in [0.25, 0.3) is 0 Å². The van der Waals surface area contributed by atoms with Gasteiger partial charge in [-0.05, 0) is 67.0 Å². The van der Waals surface area contributed by atoms with Crippen molar-refractivity contribution < 1.29 is 4.42 Å². The van der Waals surface area contributed by atoms with Crippen LogP contribution in [0.25, 0.3) is 38.3 Å². The topological polar surface area (TPSA) is 25.5 Å². The maximum Gasteiger partial charge on any atom is 0.136 e. The first kappa shape index (κ1) is 18.4. The molecule has 1 aliphatic carbocycles. The van der Waals surface area contributed by atoms with Gasteiger partial charge in [-0.25, -0.2) is 0 Å². The molecule has 1 aromatic heterocycles. The lowest BCUT2D eigenvalue weighted by atomic mass is 9.93. The quantitative estimate of drug-likeness (QED) is 0.341. The number of furan rings is 1. The van der Waals surface area contributed by atoms with Crippen molar-refractivity contribution in [3.05, 3.63) is 102 Å². The summed E-state index contributed by atoms with van der Waals surface area (Å²) < 4.78 is 6.05. The number of para-hydroxylation sites is 1. The molecule has 0 spiro atoms. The minimum Gasteiger partial charge on any atom is -0.456 e. The first-order chi connectivity index (χ1) is 14.7. The van der Waals surface area contributed by atoms with Gasteiger partial charge >= 0.3 is 0 Å². The first-order valence-corrected chi connectivity index (χ1v) is 10.3. The van der Waals surface area contributed by atoms with Gasteiger partial charge in [0.05, 0.1) is 5.71 Å². The fourth-order valence-electron chi connectivity index (χ4n) is 4.08. The molecule has 1 aliphatic rings. The number of allylic oxidation sites excluding steroid dienone is 8. The van der Waals surface area contributed by atoms with Crippen LogP contribution in [-0.2, 0) is 0 Å². The zero-order chi connectivity index (χ0) is 20.7. The zero-order valence-corrected chi connectivity index (χ0v) is 17.4. The third-order valence-electron chi connectivity index (χ3n) is 5.81. The molecule has 0 aliphatic heterocycles. The highest BCUT2D eigenvalue weighted by Crippen LogP contribution is 2.36. The van der Waals surface area contributed by atoms with Gasteiger partial charge < -0.3 is 4.42 Å². The van der Waals surface area contributed by atoms with Gasteiger partial charge in [-0.15, -0.1) is 0 Å². The Bertz CT molecular complexity index is 1450. The second kappa shape index (κ2) is 7.31. The Hall–Kier alpha value is -3.65. The van der Waals surface area contributed by atoms with Crippen LogP contribution in [0.4, 0.5) is 0 Å². The molecule has 2 heteroatoms. The lowest BCUT2D eigenvalue weighted by Crippen LogP contribution is -2.03. The third kappa shape index (κ3) is 3.02. The highest BCUT2D eigenvalue weighted by atomic mass is 16.3. The fraction of sp³-hybridized carbons (Fsp3) is 0.107. The van der Waals surface area contributed by atoms with Crippen LogP contribution >= 0.6 is 0 Å². The summed E-state index contributed by atoms with van der Waals surface area (Å²) in [6, 6.07) is 19.2. The summed E-state index contributed by atoms with van der Waals surface area (Å²) in [7, 11) is 0. The Morgan fingerprint density at radius 3 is 2.57 bits per heavy atom. The minimum absolute atomic E-state index is 0.932. The number of hydrogen-bond donors (Lipinski definition) is 0. The Kier molecular flexibility index (Phi) is 4.48. The minimum atomic E-state index is 0.932. The van der Waals surface area contributed by atoms with Crippen LogP contribution in [0.15, 0.2) is 106 Å². The summed E-state index contributed by atoms with van der Waals surface area (Å²) in [5.41, 5.74) is 7.47. The molecule has 2 nitrogen and oxygen atoms in total. The molecule has 5 rings (SSSR count). The molecule has 0 N–H and O–H groups in total. The van der Waals surface area contributed by atoms with Crippen LogP contribution in [0.1, 0.15) is 26.3 Å². The SMILES string of the molecule is C\C=C(C)/N=C1\C=CC=C\C1=C(\C)c1ccc2c(ccc3oc4ccccc4c32)c1. The molecule has 0 saturated heterocycles. The maximum absolute atomic E-state index is 6.05. The van der Waals surface area contributed by atoms with E-state index >= 15 is 0 Å². The van der Waals surface area contributed by atoms with Crippen molar-refractivity contribution in [1.82, 2.24) is 0 Å². The maximum atomic E-state index is 6.05. The number of rotatable bonds is 2. The molecule has 0 saturated carbocycles. The summed E-state index contributed by atoms with van der Waals surface area (Å²) in [4.78, 5) is 4.78. The number of fused-ring (bicyclic) bond motifs is 5. The molecule has 0 radical (unpaired) electrons. The van der Waals surface area contributed by atoms with Gasteiger partial charge in [0.15, 0.2) is 0 Å². The van der Waals surface area contributed by atoms with Gasteiger partial charge in [-0.1, -0.05) is 60.7 Å². The van der Waals surface area contributed by atoms with Gasteiger partial charge in [0, 0.05) is 22.0 Å². The van der Waals surface area contributed by atoms with Crippen molar-refractivity contribution >= 4 is 44.0 Å². The lowest BCUT2D eigenvalue weighted by molar-refractivity contribution is 0.669. The van der Waals surface area contributed by atoms with Crippen LogP contribution < -0.4 is 0 Å². The van der Waals surface area contributed by atoms with E-state index in [9.17, 15) is 0 Å². The van der Waals surface area contributed by atoms with Gasteiger partial charge in [0.1, 0.15) is 11.2 Å². The summed E-state index contributed by atoms with van der Waals surface area (Å²) in [6.07, 6.45) is 10.4. The highest BCUT2D eigenvalue weighted by Gasteiger charge is 2.13. The summed E-state index contributed by atoms with van der Waals surface area (Å²) in [5, 5.41) is 4.78. The number of nitrogens with zero attached hydrogens (tertiary/aromatic N) is 1. The van der Waals surface area contributed by atoms with E-state index in [1.165, 1.54) is 27.3 Å². The van der Waals surface area contributed by atoms with E-state index in [1.54, 1.807) is 0 Å². The average molecular weight is 389 g/mol. The summed E-state index contributed by atoms with van der Waals surface area (Å²) in [5.74, 6) is 0. The van der Waals surface area contributed by atoms with Crippen molar-refractivity contribution in [1.29, 1.82) is 0 Å². The standard InChI is InChI=1S/C28H23NO/c1-4-18(2)29-25-11-7-5-9-22(25)19(3)20-13-15-23-21(17-20)14-16-27-28(23)24-10-6-8-12-26(24)30-27/h4-17H,1-3H3/b18-4-,22-19+,29-25+. The molecule has 0 bridgehead atoms. The van der Waals surface area contributed by atoms with Crippen molar-refractivity contribution in [2.45, 2.75) is 20.8 Å². The predicted molar refractivity (Wildman–Crippen MR) is 129 cm³/mol. The smallest absolute Gasteiger partial charge is 0.136 e. The zero-order valence-electron chi connectivity index (χ0n) is 17.4. The largest absolute Gasteiger partial charge is 0.456 e. The van der Waals surface area contributed by atoms with E-state index in [4.69, 9.17) is 9.41 Å². The number of aliphatic imine (C=N–C) groups is 1. The lowest BCUT2D eigenvalue weighted by Gasteiger charge is -2.13. The molecular weight excluding hydrogens is 366 g/mol. The molecule has 0 fully saturated rings. The van der Waals surface area contributed by atoms with Crippen molar-refractivity contribution in [2.24, 2.45) is 4.99 Å². The van der Waals surface area contributed by atoms with Gasteiger partial charge in [-0.2, -0.15) is 0 Å². The van der Waals surface area contributed by atoms with Crippen molar-refractivity contribution in [2.75, 3.05) is 0 Å². The first-order valence-electron chi connectivity index (χ1n) is 10.3. The van der Waals surface area contributed by atoms with Crippen LogP contribution in [0.2, 0.25) is 0 Å². The van der Waals surface area contributed by atoms with Crippen molar-refractivity contribution in [3.63, 3.8) is 0 Å². The monoisotopic (exact) mass is 389 g/mol. The Morgan fingerprint density at radius 2 is 1.70 bits per heavy atom. The van der Waals surface area contributed by atoms with Crippen LogP contribution in [0.5, 0.6) is 0 Å². The Balaban J connectivity index is 1.70. The highest BCUT2D eigenvalue weighted by molar-refractivity contribution is 6.20. The molecule has 3 aromatic carbocycles. The number of benzene rings is 3. The van der Waals surface area contributed by atoms with E-state index < -0.39 is 0 Å². The normalized spacial score (nSPS) is 17.6. The third-order valence-corrected chi connectivity index (χ3v) is 5.81. The predicted octanol–water partition coefficient (Wildman–Crippen LogP) is 8.00. The van der Waals surface area contributed by atoms with E-state index in [0.29, 0.717) is 0 Å². The Morgan fingerprint density at radius 1 is 0.867 bits per heavy atom. The molecule has 0 amide bonds. The molecule has 0 atom stereocenters. The van der Waals surface area contributed by atoms with E-state index in [-0.39, 0.29) is 0 Å². The van der Waals surface area contributed by atoms with Gasteiger partial charge in [-0.3, -0.25) is 4.99 Å². The fourth-order valence-corrected chi connectivity index (χ4v) is 4.08. The molecule has 0 unspecified atom stereocenters. The molecule has 1 heterocycles. The van der Waals surface area contributed by atoms with E-state index in [1.807, 2.05) is 38.1 Å². The van der Waals surface area contributed by atoms with Crippen LogP contribution in [0.3, 0.4) is 0 Å². The van der Waals surface area contributed by atoms with E-state index in [2.05, 4.69) is 67.6 Å². The Labute approximate surface area is 176 Å². The second-order valence-electron chi connectivity index (χ2n) is 7.66. The van der Waals surface area contributed by atoms with Crippen molar-refractivity contribution in [3.8, 4) is 0 Å². The average Bonchev–Trinajstić information content (AvgIpc) is 3.17. The number of hydrogen-bond acceptors (Lipinski definition) is 2. The molecule has 146 valence electrons. The second-order valence-corrected chi connectivity index (χ2v) is 7.66. The van der Waals surface area contributed by atoms with Gasteiger partial charge in [0.2, 0.25) is 0 Å². The van der Waals surface area contributed by atoms with Crippen LogP contribution in [-0.4, -0.2) is 5.71 Å². The summed E-state index contributed by atoms with van der Waals surface area (Å²) in [6.45, 7) is 6.22. The van der Waals surface area contributed by atoms with E-state index in [0.717, 1.165) is 33.5 Å². The molecular formula is C28H23NO. The molecule has 30 heavy (non-hydrogen) atoms. The summed E-state index contributed by atoms with van der Waals surface area (Å²) >= 11 is 0.